The van der Waals surface area contributed by atoms with E-state index in [1.807, 2.05) is 22.7 Å². The van der Waals surface area contributed by atoms with Gasteiger partial charge < -0.3 is 14.4 Å². The van der Waals surface area contributed by atoms with Gasteiger partial charge in [0.05, 0.1) is 16.7 Å². The van der Waals surface area contributed by atoms with Crippen molar-refractivity contribution in [2.24, 2.45) is 0 Å². The van der Waals surface area contributed by atoms with E-state index >= 15 is 0 Å². The molecule has 0 radical (unpaired) electrons. The molecule has 0 atom stereocenters. The third-order valence-corrected chi connectivity index (χ3v) is 17.0. The third kappa shape index (κ3) is 6.63. The number of aromatic nitrogens is 1. The minimum Gasteiger partial charge on any atom is -0.310 e. The summed E-state index contributed by atoms with van der Waals surface area (Å²) in [5, 5.41) is 12.8. The van der Waals surface area contributed by atoms with E-state index in [-0.39, 0.29) is 0 Å². The summed E-state index contributed by atoms with van der Waals surface area (Å²) in [6.45, 7) is 0. The molecule has 342 valence electrons. The van der Waals surface area contributed by atoms with E-state index in [1.165, 1.54) is 83.7 Å². The lowest BCUT2D eigenvalue weighted by Crippen LogP contribution is -2.12. The number of anilines is 6. The van der Waals surface area contributed by atoms with Crippen molar-refractivity contribution in [3.05, 3.63) is 261 Å². The van der Waals surface area contributed by atoms with Crippen LogP contribution in [0.4, 0.5) is 34.1 Å². The van der Waals surface area contributed by atoms with E-state index in [2.05, 4.69) is 275 Å². The summed E-state index contributed by atoms with van der Waals surface area (Å²) in [5.41, 5.74) is 12.4. The zero-order chi connectivity index (χ0) is 48.0. The summed E-state index contributed by atoms with van der Waals surface area (Å²) >= 11 is 3.77. The van der Waals surface area contributed by atoms with Crippen molar-refractivity contribution in [1.82, 2.24) is 4.57 Å². The van der Waals surface area contributed by atoms with E-state index in [0.29, 0.717) is 0 Å². The van der Waals surface area contributed by atoms with Crippen molar-refractivity contribution >= 4 is 140 Å². The van der Waals surface area contributed by atoms with Gasteiger partial charge in [-0.1, -0.05) is 158 Å². The van der Waals surface area contributed by atoms with Crippen LogP contribution in [0, 0.1) is 0 Å². The van der Waals surface area contributed by atoms with Crippen molar-refractivity contribution in [2.75, 3.05) is 9.80 Å². The molecule has 73 heavy (non-hydrogen) atoms. The molecule has 3 aromatic heterocycles. The van der Waals surface area contributed by atoms with E-state index in [0.717, 1.165) is 50.9 Å². The van der Waals surface area contributed by atoms with Crippen LogP contribution in [0.3, 0.4) is 0 Å². The molecule has 15 rings (SSSR count). The number of hydrogen-bond acceptors (Lipinski definition) is 4. The lowest BCUT2D eigenvalue weighted by Gasteiger charge is -2.29. The summed E-state index contributed by atoms with van der Waals surface area (Å²) in [6.07, 6.45) is 0. The van der Waals surface area contributed by atoms with Crippen LogP contribution in [0.1, 0.15) is 0 Å². The molecule has 3 heterocycles. The summed E-state index contributed by atoms with van der Waals surface area (Å²) in [7, 11) is 0. The first kappa shape index (κ1) is 41.8. The molecule has 15 aromatic rings. The minimum atomic E-state index is 1.09. The first-order chi connectivity index (χ1) is 36.2. The highest BCUT2D eigenvalue weighted by Crippen LogP contribution is 2.51. The van der Waals surface area contributed by atoms with Gasteiger partial charge in [0.15, 0.2) is 0 Å². The summed E-state index contributed by atoms with van der Waals surface area (Å²) < 4.78 is 7.72. The number of thiophene rings is 2. The van der Waals surface area contributed by atoms with Gasteiger partial charge in [0.1, 0.15) is 0 Å². The van der Waals surface area contributed by atoms with Crippen LogP contribution in [0.2, 0.25) is 0 Å². The second-order valence-electron chi connectivity index (χ2n) is 18.8. The Morgan fingerprint density at radius 3 is 1.73 bits per heavy atom. The number of hydrogen-bond donors (Lipinski definition) is 0. The zero-order valence-corrected chi connectivity index (χ0v) is 41.1. The normalized spacial score (nSPS) is 11.8. The maximum Gasteiger partial charge on any atom is 0.0626 e. The highest BCUT2D eigenvalue weighted by Gasteiger charge is 2.25. The fourth-order valence-corrected chi connectivity index (χ4v) is 13.9. The van der Waals surface area contributed by atoms with Crippen LogP contribution in [-0.4, -0.2) is 4.57 Å². The zero-order valence-electron chi connectivity index (χ0n) is 39.5. The Labute approximate surface area is 429 Å². The fraction of sp³-hybridized carbons (Fsp3) is 0. The molecule has 0 amide bonds. The van der Waals surface area contributed by atoms with Crippen molar-refractivity contribution in [1.29, 1.82) is 0 Å². The van der Waals surface area contributed by atoms with E-state index in [9.17, 15) is 0 Å². The van der Waals surface area contributed by atoms with E-state index in [1.54, 1.807) is 0 Å². The third-order valence-electron chi connectivity index (χ3n) is 14.7. The Morgan fingerprint density at radius 2 is 0.904 bits per heavy atom. The Kier molecular flexibility index (Phi) is 9.62. The molecular weight excluding hydrogens is 923 g/mol. The summed E-state index contributed by atoms with van der Waals surface area (Å²) in [5.74, 6) is 0. The average molecular weight is 966 g/mol. The maximum absolute atomic E-state index is 2.49. The molecule has 0 spiro atoms. The lowest BCUT2D eigenvalue weighted by atomic mass is 9.98. The van der Waals surface area contributed by atoms with Gasteiger partial charge in [-0.3, -0.25) is 0 Å². The molecule has 0 bridgehead atoms. The van der Waals surface area contributed by atoms with Crippen LogP contribution in [0.5, 0.6) is 0 Å². The molecular formula is C68H43N3S2. The largest absolute Gasteiger partial charge is 0.310 e. The highest BCUT2D eigenvalue weighted by molar-refractivity contribution is 7.27. The predicted molar refractivity (Wildman–Crippen MR) is 316 cm³/mol. The predicted octanol–water partition coefficient (Wildman–Crippen LogP) is 20.4. The van der Waals surface area contributed by atoms with Gasteiger partial charge in [-0.2, -0.15) is 0 Å². The fourth-order valence-electron chi connectivity index (χ4n) is 11.6. The molecule has 0 aliphatic heterocycles. The molecule has 3 nitrogen and oxygen atoms in total. The molecule has 0 aliphatic rings. The van der Waals surface area contributed by atoms with Crippen LogP contribution >= 0.6 is 22.7 Å². The number of para-hydroxylation sites is 4. The van der Waals surface area contributed by atoms with Gasteiger partial charge in [0, 0.05) is 102 Å². The van der Waals surface area contributed by atoms with Gasteiger partial charge in [-0.25, -0.2) is 0 Å². The van der Waals surface area contributed by atoms with Gasteiger partial charge in [0.25, 0.3) is 0 Å². The Balaban J connectivity index is 0.941. The van der Waals surface area contributed by atoms with E-state index in [4.69, 9.17) is 0 Å². The van der Waals surface area contributed by atoms with Crippen LogP contribution in [-0.2, 0) is 0 Å². The first-order valence-electron chi connectivity index (χ1n) is 24.8. The Morgan fingerprint density at radius 1 is 0.315 bits per heavy atom. The smallest absolute Gasteiger partial charge is 0.0626 e. The van der Waals surface area contributed by atoms with E-state index < -0.39 is 0 Å². The first-order valence-corrected chi connectivity index (χ1v) is 26.5. The maximum atomic E-state index is 2.49. The summed E-state index contributed by atoms with van der Waals surface area (Å²) in [6, 6.07) is 95.8. The Hall–Kier alpha value is -9.00. The molecule has 12 aromatic carbocycles. The monoisotopic (exact) mass is 965 g/mol. The van der Waals surface area contributed by atoms with Crippen molar-refractivity contribution in [3.8, 4) is 16.8 Å². The number of fused-ring (bicyclic) bond motifs is 15. The van der Waals surface area contributed by atoms with Crippen LogP contribution in [0.25, 0.3) is 101 Å². The lowest BCUT2D eigenvalue weighted by molar-refractivity contribution is 1.19. The van der Waals surface area contributed by atoms with Gasteiger partial charge >= 0.3 is 0 Å². The molecule has 0 saturated heterocycles. The molecule has 0 unspecified atom stereocenters. The van der Waals surface area contributed by atoms with Gasteiger partial charge in [-0.05, 0) is 119 Å². The van der Waals surface area contributed by atoms with Crippen LogP contribution < -0.4 is 9.80 Å². The second kappa shape index (κ2) is 16.8. The number of rotatable bonds is 8. The van der Waals surface area contributed by atoms with Crippen molar-refractivity contribution < 1.29 is 0 Å². The standard InChI is InChI=1S/C68H43N3S2/c1-4-21-46(22-5-1)69(50-37-40-62-58(43-50)64-53-29-11-10-19-44(53)35-39-63(64)72-62)49-27-18-20-45(41-49)52-28-14-16-33-59(52)70(47-23-6-2-7-24-47)51-36-38-60-57(42-51)65-66-56-32-15-17-34-61(56)73-68(66)55-31-13-12-30-54(55)67(65)71(60)48-25-8-3-9-26-48/h1-43H. The van der Waals surface area contributed by atoms with Crippen LogP contribution in [0.15, 0.2) is 261 Å². The molecule has 0 fully saturated rings. The quantitative estimate of drug-likeness (QED) is 0.150. The number of benzene rings is 12. The van der Waals surface area contributed by atoms with Gasteiger partial charge in [-0.15, -0.1) is 22.7 Å². The second-order valence-corrected chi connectivity index (χ2v) is 20.9. The summed E-state index contributed by atoms with van der Waals surface area (Å²) in [4.78, 5) is 4.86. The highest BCUT2D eigenvalue weighted by atomic mass is 32.1. The molecule has 0 aliphatic carbocycles. The molecule has 0 N–H and O–H groups in total. The molecule has 5 heteroatoms. The van der Waals surface area contributed by atoms with Crippen molar-refractivity contribution in [3.63, 3.8) is 0 Å². The van der Waals surface area contributed by atoms with Crippen molar-refractivity contribution in [2.45, 2.75) is 0 Å². The average Bonchev–Trinajstić information content (AvgIpc) is 4.15. The topological polar surface area (TPSA) is 11.4 Å². The van der Waals surface area contributed by atoms with Gasteiger partial charge in [0.2, 0.25) is 0 Å². The number of nitrogens with zero attached hydrogens (tertiary/aromatic N) is 3. The SMILES string of the molecule is c1ccc(N(c2cccc(-c3ccccc3N(c3ccccc3)c3ccc4c(c3)c3c5c6ccccc6sc5c5ccccc5c3n4-c3ccccc3)c2)c2ccc3sc4ccc5ccccc5c4c3c2)cc1. The minimum absolute atomic E-state index is 1.09. The Bertz CT molecular complexity index is 4630. The molecule has 0 saturated carbocycles.